The summed E-state index contributed by atoms with van der Waals surface area (Å²) < 4.78 is 10.0. The Hall–Kier alpha value is -2.02. The number of benzene rings is 1. The van der Waals surface area contributed by atoms with Gasteiger partial charge in [0.2, 0.25) is 6.23 Å². The first-order chi connectivity index (χ1) is 9.21. The lowest BCUT2D eigenvalue weighted by atomic mass is 10.2. The average Bonchev–Trinajstić information content (AvgIpc) is 2.46. The van der Waals surface area contributed by atoms with Crippen molar-refractivity contribution in [1.82, 2.24) is 5.32 Å². The summed E-state index contributed by atoms with van der Waals surface area (Å²) in [7, 11) is 1.54. The highest BCUT2D eigenvalue weighted by Crippen LogP contribution is 2.11. The van der Waals surface area contributed by atoms with Crippen LogP contribution in [0.1, 0.15) is 10.4 Å². The molecule has 98 valence electrons. The SMILES string of the molecule is COc1ccc(C(=O)NC(C#N)OCC#CBr)cc1. The molecule has 0 aliphatic heterocycles. The fraction of sp³-hybridized carbons (Fsp3) is 0.231. The number of nitrogens with zero attached hydrogens (tertiary/aromatic N) is 1. The molecule has 0 heterocycles. The fourth-order valence-electron chi connectivity index (χ4n) is 1.21. The highest BCUT2D eigenvalue weighted by Gasteiger charge is 2.12. The van der Waals surface area contributed by atoms with Gasteiger partial charge in [0.15, 0.2) is 0 Å². The topological polar surface area (TPSA) is 71.3 Å². The Morgan fingerprint density at radius 3 is 2.68 bits per heavy atom. The quantitative estimate of drug-likeness (QED) is 0.661. The molecule has 0 aromatic heterocycles. The lowest BCUT2D eigenvalue weighted by Crippen LogP contribution is -2.35. The molecule has 0 saturated heterocycles. The second-order valence-corrected chi connectivity index (χ2v) is 3.69. The maximum absolute atomic E-state index is 11.8. The highest BCUT2D eigenvalue weighted by molar-refractivity contribution is 9.12. The van der Waals surface area contributed by atoms with Gasteiger partial charge in [0, 0.05) is 21.5 Å². The van der Waals surface area contributed by atoms with Crippen molar-refractivity contribution in [3.05, 3.63) is 29.8 Å². The van der Waals surface area contributed by atoms with Crippen LogP contribution in [0.25, 0.3) is 0 Å². The van der Waals surface area contributed by atoms with Crippen LogP contribution >= 0.6 is 15.9 Å². The minimum atomic E-state index is -1.04. The number of hydrogen-bond donors (Lipinski definition) is 1. The zero-order valence-electron chi connectivity index (χ0n) is 10.1. The number of methoxy groups -OCH3 is 1. The predicted molar refractivity (Wildman–Crippen MR) is 72.5 cm³/mol. The number of rotatable bonds is 5. The highest BCUT2D eigenvalue weighted by atomic mass is 79.9. The number of carbonyl (C=O) groups excluding carboxylic acids is 1. The number of nitrogens with one attached hydrogen (secondary N) is 1. The van der Waals surface area contributed by atoms with E-state index >= 15 is 0 Å². The van der Waals surface area contributed by atoms with E-state index in [1.807, 2.05) is 6.07 Å². The van der Waals surface area contributed by atoms with Gasteiger partial charge in [-0.1, -0.05) is 5.92 Å². The Balaban J connectivity index is 2.60. The summed E-state index contributed by atoms with van der Waals surface area (Å²) in [6.45, 7) is 0.0480. The summed E-state index contributed by atoms with van der Waals surface area (Å²) in [5.74, 6) is 2.81. The van der Waals surface area contributed by atoms with Gasteiger partial charge in [-0.2, -0.15) is 5.26 Å². The van der Waals surface area contributed by atoms with Gasteiger partial charge in [-0.3, -0.25) is 4.79 Å². The molecule has 6 heteroatoms. The van der Waals surface area contributed by atoms with E-state index in [-0.39, 0.29) is 6.61 Å². The van der Waals surface area contributed by atoms with Crippen molar-refractivity contribution in [3.63, 3.8) is 0 Å². The Bertz CT molecular complexity index is 526. The van der Waals surface area contributed by atoms with Gasteiger partial charge in [-0.15, -0.1) is 0 Å². The molecule has 19 heavy (non-hydrogen) atoms. The molecule has 0 aliphatic rings. The van der Waals surface area contributed by atoms with Crippen molar-refractivity contribution in [3.8, 4) is 22.6 Å². The Morgan fingerprint density at radius 1 is 1.47 bits per heavy atom. The standard InChI is InChI=1S/C13H11BrN2O3/c1-18-11-5-3-10(4-6-11)13(17)16-12(9-15)19-8-2-7-14/h3-6,12H,8H2,1H3,(H,16,17). The third-order valence-corrected chi connectivity index (χ3v) is 2.40. The molecule has 1 aromatic carbocycles. The maximum atomic E-state index is 11.8. The Labute approximate surface area is 119 Å². The van der Waals surface area contributed by atoms with Gasteiger partial charge in [-0.05, 0) is 29.1 Å². The molecule has 1 N–H and O–H groups in total. The number of halogens is 1. The first kappa shape index (κ1) is 15.0. The first-order valence-electron chi connectivity index (χ1n) is 5.26. The second kappa shape index (κ2) is 8.15. The Morgan fingerprint density at radius 2 is 2.16 bits per heavy atom. The summed E-state index contributed by atoms with van der Waals surface area (Å²) in [5.41, 5.74) is 0.413. The van der Waals surface area contributed by atoms with Crippen molar-refractivity contribution in [1.29, 1.82) is 5.26 Å². The normalized spacial score (nSPS) is 10.6. The minimum Gasteiger partial charge on any atom is -0.497 e. The van der Waals surface area contributed by atoms with E-state index < -0.39 is 12.1 Å². The van der Waals surface area contributed by atoms with E-state index in [1.54, 1.807) is 31.4 Å². The van der Waals surface area contributed by atoms with Gasteiger partial charge in [0.1, 0.15) is 18.4 Å². The molecule has 1 rings (SSSR count). The smallest absolute Gasteiger partial charge is 0.254 e. The summed E-state index contributed by atoms with van der Waals surface area (Å²) in [6.07, 6.45) is -1.04. The van der Waals surface area contributed by atoms with Crippen molar-refractivity contribution in [2.45, 2.75) is 6.23 Å². The number of nitriles is 1. The van der Waals surface area contributed by atoms with Gasteiger partial charge >= 0.3 is 0 Å². The number of hydrogen-bond acceptors (Lipinski definition) is 4. The summed E-state index contributed by atoms with van der Waals surface area (Å²) in [5, 5.41) is 11.3. The molecule has 0 bridgehead atoms. The summed E-state index contributed by atoms with van der Waals surface area (Å²) >= 11 is 2.90. The van der Waals surface area contributed by atoms with Crippen LogP contribution in [0.3, 0.4) is 0 Å². The lowest BCUT2D eigenvalue weighted by molar-refractivity contribution is 0.0685. The van der Waals surface area contributed by atoms with Crippen LogP contribution in [0.15, 0.2) is 24.3 Å². The number of amides is 1. The predicted octanol–water partition coefficient (Wildman–Crippen LogP) is 1.65. The molecule has 0 aliphatic carbocycles. The van der Waals surface area contributed by atoms with Crippen LogP contribution in [0, 0.1) is 22.1 Å². The third kappa shape index (κ3) is 5.01. The fourth-order valence-corrected chi connectivity index (χ4v) is 1.32. The first-order valence-corrected chi connectivity index (χ1v) is 6.05. The Kier molecular flexibility index (Phi) is 6.45. The molecular weight excluding hydrogens is 312 g/mol. The van der Waals surface area contributed by atoms with Crippen molar-refractivity contribution >= 4 is 21.8 Å². The monoisotopic (exact) mass is 322 g/mol. The average molecular weight is 323 g/mol. The molecule has 0 fully saturated rings. The molecule has 5 nitrogen and oxygen atoms in total. The molecule has 1 aromatic rings. The van der Waals surface area contributed by atoms with Gasteiger partial charge < -0.3 is 14.8 Å². The zero-order valence-corrected chi connectivity index (χ0v) is 11.7. The zero-order chi connectivity index (χ0) is 14.1. The van der Waals surface area contributed by atoms with Crippen molar-refractivity contribution in [2.75, 3.05) is 13.7 Å². The molecule has 1 unspecified atom stereocenters. The van der Waals surface area contributed by atoms with Crippen molar-refractivity contribution < 1.29 is 14.3 Å². The lowest BCUT2D eigenvalue weighted by Gasteiger charge is -2.11. The van der Waals surface area contributed by atoms with E-state index in [4.69, 9.17) is 14.7 Å². The molecule has 1 amide bonds. The molecule has 1 atom stereocenters. The van der Waals surface area contributed by atoms with Crippen LogP contribution in [-0.4, -0.2) is 25.9 Å². The van der Waals surface area contributed by atoms with E-state index in [2.05, 4.69) is 32.0 Å². The second-order valence-electron chi connectivity index (χ2n) is 3.29. The third-order valence-electron chi connectivity index (χ3n) is 2.12. The van der Waals surface area contributed by atoms with E-state index in [9.17, 15) is 4.79 Å². The molecule has 0 spiro atoms. The van der Waals surface area contributed by atoms with Gasteiger partial charge in [-0.25, -0.2) is 0 Å². The number of ether oxygens (including phenoxy) is 2. The van der Waals surface area contributed by atoms with Gasteiger partial charge in [0.25, 0.3) is 5.91 Å². The van der Waals surface area contributed by atoms with Gasteiger partial charge in [0.05, 0.1) is 7.11 Å². The minimum absolute atomic E-state index is 0.0480. The number of carbonyl (C=O) groups is 1. The van der Waals surface area contributed by atoms with Crippen LogP contribution in [-0.2, 0) is 4.74 Å². The van der Waals surface area contributed by atoms with E-state index in [1.165, 1.54) is 0 Å². The van der Waals surface area contributed by atoms with Crippen LogP contribution in [0.5, 0.6) is 5.75 Å². The summed E-state index contributed by atoms with van der Waals surface area (Å²) in [6, 6.07) is 8.34. The molecule has 0 radical (unpaired) electrons. The van der Waals surface area contributed by atoms with Crippen LogP contribution in [0.4, 0.5) is 0 Å². The van der Waals surface area contributed by atoms with E-state index in [0.29, 0.717) is 11.3 Å². The molecule has 0 saturated carbocycles. The maximum Gasteiger partial charge on any atom is 0.254 e. The van der Waals surface area contributed by atoms with E-state index in [0.717, 1.165) is 0 Å². The largest absolute Gasteiger partial charge is 0.497 e. The summed E-state index contributed by atoms with van der Waals surface area (Å²) in [4.78, 5) is 14.3. The van der Waals surface area contributed by atoms with Crippen LogP contribution in [0.2, 0.25) is 0 Å². The van der Waals surface area contributed by atoms with Crippen molar-refractivity contribution in [2.24, 2.45) is 0 Å². The van der Waals surface area contributed by atoms with Crippen LogP contribution < -0.4 is 10.1 Å². The molecular formula is C13H11BrN2O3.